The van der Waals surface area contributed by atoms with Crippen LogP contribution in [0.2, 0.25) is 0 Å². The van der Waals surface area contributed by atoms with E-state index in [9.17, 15) is 0 Å². The summed E-state index contributed by atoms with van der Waals surface area (Å²) in [4.78, 5) is 0. The van der Waals surface area contributed by atoms with E-state index in [1.807, 2.05) is 0 Å². The first-order chi connectivity index (χ1) is 28.7. The molecule has 4 aliphatic rings. The molecule has 0 unspecified atom stereocenters. The van der Waals surface area contributed by atoms with E-state index in [4.69, 9.17) is 14.2 Å². The second-order valence-electron chi connectivity index (χ2n) is 22.1. The van der Waals surface area contributed by atoms with Gasteiger partial charge in [0.2, 0.25) is 0 Å². The third-order valence-corrected chi connectivity index (χ3v) is 17.1. The molecule has 0 saturated heterocycles. The highest BCUT2D eigenvalue weighted by Crippen LogP contribution is 2.67. The molecule has 0 amide bonds. The Morgan fingerprint density at radius 3 is 1.76 bits per heavy atom. The molecule has 0 N–H and O–H groups in total. The van der Waals surface area contributed by atoms with Crippen LogP contribution in [0.25, 0.3) is 0 Å². The lowest BCUT2D eigenvalue weighted by Crippen LogP contribution is -2.51. The fourth-order valence-electron chi connectivity index (χ4n) is 13.3. The summed E-state index contributed by atoms with van der Waals surface area (Å²) in [6.07, 6.45) is 48.5. The maximum Gasteiger partial charge on any atom is 0.104 e. The van der Waals surface area contributed by atoms with Crippen molar-refractivity contribution in [3.05, 3.63) is 11.6 Å². The van der Waals surface area contributed by atoms with E-state index in [2.05, 4.69) is 54.5 Å². The van der Waals surface area contributed by atoms with Gasteiger partial charge in [0.1, 0.15) is 6.10 Å². The maximum absolute atomic E-state index is 6.82. The summed E-state index contributed by atoms with van der Waals surface area (Å²) in [7, 11) is 0. The molecule has 4 aliphatic carbocycles. The summed E-state index contributed by atoms with van der Waals surface area (Å²) in [6.45, 7) is 20.5. The van der Waals surface area contributed by atoms with Crippen LogP contribution in [0.3, 0.4) is 0 Å². The van der Waals surface area contributed by atoms with E-state index >= 15 is 0 Å². The van der Waals surface area contributed by atoms with Gasteiger partial charge in [0.05, 0.1) is 19.3 Å². The summed E-state index contributed by atoms with van der Waals surface area (Å²) < 4.78 is 19.7. The molecule has 9 atom stereocenters. The number of hydrogen-bond acceptors (Lipinski definition) is 3. The number of rotatable bonds is 35. The van der Waals surface area contributed by atoms with Gasteiger partial charge in [-0.2, -0.15) is 0 Å². The van der Waals surface area contributed by atoms with Gasteiger partial charge in [-0.05, 0) is 111 Å². The largest absolute Gasteiger partial charge is 0.379 e. The quantitative estimate of drug-likeness (QED) is 0.0471. The molecule has 4 rings (SSSR count). The lowest BCUT2D eigenvalue weighted by molar-refractivity contribution is -0.0945. The minimum absolute atomic E-state index is 0.0583. The molecule has 0 aromatic heterocycles. The highest BCUT2D eigenvalue weighted by atomic mass is 16.6. The molecule has 0 radical (unpaired) electrons. The van der Waals surface area contributed by atoms with Crippen molar-refractivity contribution >= 4 is 0 Å². The van der Waals surface area contributed by atoms with Crippen LogP contribution in [0, 0.1) is 46.3 Å². The maximum atomic E-state index is 6.82. The molecule has 0 aliphatic heterocycles. The third-order valence-electron chi connectivity index (χ3n) is 17.1. The van der Waals surface area contributed by atoms with Crippen molar-refractivity contribution in [3.63, 3.8) is 0 Å². The zero-order valence-corrected chi connectivity index (χ0v) is 41.1. The standard InChI is InChI=1S/C56H104O3/c1-8-10-12-14-16-18-20-22-24-26-28-41-57-44-50(58-42-29-27-25-23-21-19-17-15-13-11-9-2)45-59-49-37-39-55(6)48(43-49)33-34-51-53-36-35-52(47(5)32-30-31-46(3)4)56(53,7)40-38-54(51)55/h33,46-47,49-54H,8-32,34-45H2,1-7H3/t47-,49+,50-,51+,52-,53+,54+,55+,56-/m1/s1. The van der Waals surface area contributed by atoms with Gasteiger partial charge in [-0.3, -0.25) is 0 Å². The highest BCUT2D eigenvalue weighted by molar-refractivity contribution is 5.25. The fraction of sp³-hybridized carbons (Fsp3) is 0.964. The van der Waals surface area contributed by atoms with Crippen LogP contribution in [-0.2, 0) is 14.2 Å². The van der Waals surface area contributed by atoms with E-state index in [1.54, 1.807) is 5.57 Å². The van der Waals surface area contributed by atoms with Crippen LogP contribution < -0.4 is 0 Å². The second kappa shape index (κ2) is 29.1. The molecule has 3 saturated carbocycles. The molecule has 59 heavy (non-hydrogen) atoms. The predicted molar refractivity (Wildman–Crippen MR) is 256 cm³/mol. The molecule has 0 bridgehead atoms. The minimum atomic E-state index is 0.0583. The Bertz CT molecular complexity index is 1080. The normalized spacial score (nSPS) is 28.9. The number of unbranched alkanes of at least 4 members (excludes halogenated alkanes) is 20. The number of hydrogen-bond donors (Lipinski definition) is 0. The van der Waals surface area contributed by atoms with E-state index in [0.29, 0.717) is 30.1 Å². The number of fused-ring (bicyclic) bond motifs is 5. The Balaban J connectivity index is 1.19. The zero-order chi connectivity index (χ0) is 42.2. The molecule has 0 heterocycles. The molecule has 3 fully saturated rings. The zero-order valence-electron chi connectivity index (χ0n) is 41.1. The molecule has 0 aromatic rings. The topological polar surface area (TPSA) is 27.7 Å². The SMILES string of the molecule is CCCCCCCCCCCCCOC[C@H](CO[C@H]1CC[C@@]2(C)C(=CC[C@H]3[C@@H]4CC[C@H]([C@H](C)CCCC(C)C)[C@@]4(C)CC[C@@H]32)C1)OCCCCCCCCCCCCC. The Labute approximate surface area is 369 Å². The van der Waals surface area contributed by atoms with Crippen LogP contribution in [0.15, 0.2) is 11.6 Å². The molecule has 0 aromatic carbocycles. The van der Waals surface area contributed by atoms with Crippen molar-refractivity contribution in [3.8, 4) is 0 Å². The predicted octanol–water partition coefficient (Wildman–Crippen LogP) is 17.4. The monoisotopic (exact) mass is 825 g/mol. The summed E-state index contributed by atoms with van der Waals surface area (Å²) in [5.74, 6) is 5.39. The van der Waals surface area contributed by atoms with Gasteiger partial charge in [-0.25, -0.2) is 0 Å². The average molecular weight is 825 g/mol. The highest BCUT2D eigenvalue weighted by Gasteiger charge is 2.59. The van der Waals surface area contributed by atoms with Gasteiger partial charge >= 0.3 is 0 Å². The number of ether oxygens (including phenoxy) is 3. The molecule has 0 spiro atoms. The van der Waals surface area contributed by atoms with Crippen molar-refractivity contribution < 1.29 is 14.2 Å². The lowest BCUT2D eigenvalue weighted by Gasteiger charge is -2.58. The minimum Gasteiger partial charge on any atom is -0.379 e. The van der Waals surface area contributed by atoms with Crippen molar-refractivity contribution in [2.45, 2.75) is 273 Å². The molecular weight excluding hydrogens is 721 g/mol. The molecule has 3 nitrogen and oxygen atoms in total. The molecule has 346 valence electrons. The van der Waals surface area contributed by atoms with Gasteiger partial charge in [0.25, 0.3) is 0 Å². The summed E-state index contributed by atoms with van der Waals surface area (Å²) >= 11 is 0. The fourth-order valence-corrected chi connectivity index (χ4v) is 13.3. The smallest absolute Gasteiger partial charge is 0.104 e. The summed E-state index contributed by atoms with van der Waals surface area (Å²) in [6, 6.07) is 0. The Morgan fingerprint density at radius 1 is 0.593 bits per heavy atom. The first-order valence-corrected chi connectivity index (χ1v) is 27.2. The van der Waals surface area contributed by atoms with Gasteiger partial charge in [-0.15, -0.1) is 0 Å². The first kappa shape index (κ1) is 51.3. The van der Waals surface area contributed by atoms with Crippen LogP contribution in [0.5, 0.6) is 0 Å². The third kappa shape index (κ3) is 17.3. The Hall–Kier alpha value is -0.380. The van der Waals surface area contributed by atoms with E-state index in [0.717, 1.165) is 55.1 Å². The summed E-state index contributed by atoms with van der Waals surface area (Å²) in [5.41, 5.74) is 2.70. The van der Waals surface area contributed by atoms with Crippen molar-refractivity contribution in [2.24, 2.45) is 46.3 Å². The first-order valence-electron chi connectivity index (χ1n) is 27.2. The van der Waals surface area contributed by atoms with Gasteiger partial charge in [-0.1, -0.05) is 208 Å². The van der Waals surface area contributed by atoms with E-state index in [1.165, 1.54) is 205 Å². The Kier molecular flexibility index (Phi) is 25.3. The van der Waals surface area contributed by atoms with Crippen molar-refractivity contribution in [2.75, 3.05) is 26.4 Å². The second-order valence-corrected chi connectivity index (χ2v) is 22.1. The van der Waals surface area contributed by atoms with Gasteiger partial charge < -0.3 is 14.2 Å². The van der Waals surface area contributed by atoms with Crippen molar-refractivity contribution in [1.82, 2.24) is 0 Å². The van der Waals surface area contributed by atoms with Gasteiger partial charge in [0, 0.05) is 13.2 Å². The van der Waals surface area contributed by atoms with E-state index in [-0.39, 0.29) is 6.10 Å². The number of allylic oxidation sites excluding steroid dienone is 1. The van der Waals surface area contributed by atoms with E-state index < -0.39 is 0 Å². The molecule has 3 heteroatoms. The lowest BCUT2D eigenvalue weighted by atomic mass is 9.47. The molecular formula is C56H104O3. The van der Waals surface area contributed by atoms with Crippen molar-refractivity contribution in [1.29, 1.82) is 0 Å². The van der Waals surface area contributed by atoms with Gasteiger partial charge in [0.15, 0.2) is 0 Å². The summed E-state index contributed by atoms with van der Waals surface area (Å²) in [5, 5.41) is 0. The van der Waals surface area contributed by atoms with Crippen LogP contribution in [0.4, 0.5) is 0 Å². The van der Waals surface area contributed by atoms with Crippen LogP contribution >= 0.6 is 0 Å². The average Bonchev–Trinajstić information content (AvgIpc) is 3.58. The Morgan fingerprint density at radius 2 is 1.17 bits per heavy atom. The van der Waals surface area contributed by atoms with Crippen LogP contribution in [0.1, 0.15) is 260 Å². The van der Waals surface area contributed by atoms with Crippen LogP contribution in [-0.4, -0.2) is 38.6 Å².